The van der Waals surface area contributed by atoms with Crippen molar-refractivity contribution in [3.63, 3.8) is 0 Å². The van der Waals surface area contributed by atoms with E-state index in [0.717, 1.165) is 0 Å². The zero-order valence-corrected chi connectivity index (χ0v) is 5.77. The van der Waals surface area contributed by atoms with Crippen molar-refractivity contribution in [2.24, 2.45) is 0 Å². The fraction of sp³-hybridized carbons (Fsp3) is 0.400. The predicted octanol–water partition coefficient (Wildman–Crippen LogP) is 0.523. The van der Waals surface area contributed by atoms with Gasteiger partial charge < -0.3 is 16.5 Å². The normalized spacial score (nSPS) is 4.75. The van der Waals surface area contributed by atoms with Crippen LogP contribution >= 0.6 is 0 Å². The van der Waals surface area contributed by atoms with Gasteiger partial charge in [-0.15, -0.1) is 0 Å². The van der Waals surface area contributed by atoms with Crippen molar-refractivity contribution in [3.8, 4) is 0 Å². The number of carbonyl (C=O) groups excluding carboxylic acids is 2. The molecule has 0 rings (SSSR count). The zero-order chi connectivity index (χ0) is 6.28. The molecule has 0 aromatic heterocycles. The van der Waals surface area contributed by atoms with Crippen LogP contribution in [0.3, 0.4) is 0 Å². The number of Topliss-reactive ketones (excluding diaryl/α,β-unsaturated/α-hetero) is 1. The Morgan fingerprint density at radius 2 is 1.62 bits per heavy atom. The number of hydrogen-bond donors (Lipinski definition) is 0. The van der Waals surface area contributed by atoms with Gasteiger partial charge in [0.15, 0.2) is 0 Å². The van der Waals surface area contributed by atoms with E-state index in [-0.39, 0.29) is 22.9 Å². The Morgan fingerprint density at radius 1 is 1.62 bits per heavy atom. The van der Waals surface area contributed by atoms with Gasteiger partial charge in [0.05, 0.1) is 0 Å². The maximum Gasteiger partial charge on any atom is 2.00 e. The van der Waals surface area contributed by atoms with Gasteiger partial charge in [0.25, 0.3) is 0 Å². The van der Waals surface area contributed by atoms with E-state index < -0.39 is 0 Å². The smallest absolute Gasteiger partial charge is 0.542 e. The SMILES string of the molecule is C[C-]=O.[CH2-]C(C)=O.[Cu+2]. The standard InChI is InChI=1S/C3H5O.C2H3O.Cu/c1-3(2)4;1-2-3;/h1H2,2H3;1H3;/q2*-1;+2. The fourth-order valence-corrected chi connectivity index (χ4v) is 0. The molecule has 0 spiro atoms. The number of ketones is 1. The summed E-state index contributed by atoms with van der Waals surface area (Å²) >= 11 is 0. The molecule has 0 saturated heterocycles. The molecule has 1 radical (unpaired) electrons. The summed E-state index contributed by atoms with van der Waals surface area (Å²) < 4.78 is 0. The Kier molecular flexibility index (Phi) is 31.1. The van der Waals surface area contributed by atoms with Crippen LogP contribution in [0, 0.1) is 6.92 Å². The van der Waals surface area contributed by atoms with Crippen LogP contribution < -0.4 is 0 Å². The van der Waals surface area contributed by atoms with Crippen LogP contribution in [0.1, 0.15) is 13.8 Å². The van der Waals surface area contributed by atoms with Crippen LogP contribution in [0.5, 0.6) is 0 Å². The Balaban J connectivity index is -0.0000000575. The molecule has 0 N–H and O–H groups in total. The van der Waals surface area contributed by atoms with Crippen molar-refractivity contribution in [3.05, 3.63) is 6.92 Å². The molecule has 0 saturated carbocycles. The minimum absolute atomic E-state index is 0. The fourth-order valence-electron chi connectivity index (χ4n) is 0. The van der Waals surface area contributed by atoms with E-state index in [9.17, 15) is 4.79 Å². The maximum absolute atomic E-state index is 9.33. The third-order valence-electron chi connectivity index (χ3n) is 0. The Morgan fingerprint density at radius 3 is 1.62 bits per heavy atom. The van der Waals surface area contributed by atoms with E-state index in [1.165, 1.54) is 20.1 Å². The molecule has 0 aliphatic heterocycles. The Labute approximate surface area is 60.1 Å². The molecular formula is C5H8CuO2. The van der Waals surface area contributed by atoms with Crippen LogP contribution in [0.15, 0.2) is 0 Å². The predicted molar refractivity (Wildman–Crippen MR) is 27.4 cm³/mol. The zero-order valence-electron chi connectivity index (χ0n) is 4.83. The molecule has 0 atom stereocenters. The average molecular weight is 164 g/mol. The van der Waals surface area contributed by atoms with Gasteiger partial charge in [-0.1, -0.05) is 0 Å². The second-order valence-corrected chi connectivity index (χ2v) is 0.906. The second-order valence-electron chi connectivity index (χ2n) is 0.906. The third kappa shape index (κ3) is 1750. The molecule has 0 aliphatic carbocycles. The molecule has 2 nitrogen and oxygen atoms in total. The van der Waals surface area contributed by atoms with Crippen molar-refractivity contribution in [2.75, 3.05) is 0 Å². The van der Waals surface area contributed by atoms with Gasteiger partial charge in [-0.3, -0.25) is 6.29 Å². The minimum atomic E-state index is -0.0833. The Hall–Kier alpha value is -0.271. The summed E-state index contributed by atoms with van der Waals surface area (Å²) in [5.41, 5.74) is 0. The van der Waals surface area contributed by atoms with Gasteiger partial charge in [-0.05, 0) is 12.7 Å². The van der Waals surface area contributed by atoms with Crippen LogP contribution in [-0.4, -0.2) is 12.1 Å². The maximum atomic E-state index is 9.33. The molecule has 0 heterocycles. The quantitative estimate of drug-likeness (QED) is 0.386. The minimum Gasteiger partial charge on any atom is -0.542 e. The first-order chi connectivity index (χ1) is 3.15. The molecule has 0 aromatic carbocycles. The summed E-state index contributed by atoms with van der Waals surface area (Å²) in [6.07, 6.45) is 1.50. The summed E-state index contributed by atoms with van der Waals surface area (Å²) in [5.74, 6) is -0.0833. The molecule has 0 unspecified atom stereocenters. The molecule has 0 bridgehead atoms. The molecule has 8 heavy (non-hydrogen) atoms. The van der Waals surface area contributed by atoms with Gasteiger partial charge in [-0.25, -0.2) is 0 Å². The van der Waals surface area contributed by atoms with Crippen molar-refractivity contribution < 1.29 is 26.7 Å². The summed E-state index contributed by atoms with van der Waals surface area (Å²) in [6.45, 7) is 5.74. The van der Waals surface area contributed by atoms with Gasteiger partial charge in [-0.2, -0.15) is 6.92 Å². The van der Waals surface area contributed by atoms with E-state index in [0.29, 0.717) is 0 Å². The van der Waals surface area contributed by atoms with Crippen LogP contribution in [-0.2, 0) is 26.7 Å². The third-order valence-corrected chi connectivity index (χ3v) is 0. The van der Waals surface area contributed by atoms with Crippen molar-refractivity contribution in [1.82, 2.24) is 0 Å². The van der Waals surface area contributed by atoms with Crippen LogP contribution in [0.25, 0.3) is 0 Å². The second kappa shape index (κ2) is 15.9. The van der Waals surface area contributed by atoms with E-state index in [1.807, 2.05) is 0 Å². The molecule has 0 aromatic rings. The first-order valence-electron chi connectivity index (χ1n) is 1.76. The van der Waals surface area contributed by atoms with E-state index in [4.69, 9.17) is 4.79 Å². The summed E-state index contributed by atoms with van der Waals surface area (Å²) in [5, 5.41) is 0. The van der Waals surface area contributed by atoms with Crippen LogP contribution in [0.4, 0.5) is 0 Å². The summed E-state index contributed by atoms with van der Waals surface area (Å²) in [7, 11) is 0. The van der Waals surface area contributed by atoms with Crippen molar-refractivity contribution in [2.45, 2.75) is 13.8 Å². The van der Waals surface area contributed by atoms with E-state index in [2.05, 4.69) is 6.92 Å². The largest absolute Gasteiger partial charge is 2.00 e. The molecule has 0 aliphatic rings. The average Bonchev–Trinajstić information content (AvgIpc) is 1.33. The molecule has 3 heteroatoms. The summed E-state index contributed by atoms with van der Waals surface area (Å²) in [6, 6.07) is 0. The number of rotatable bonds is 0. The molecule has 0 fully saturated rings. The molecule has 51 valence electrons. The van der Waals surface area contributed by atoms with Gasteiger partial charge >= 0.3 is 17.1 Å². The number of hydrogen-bond acceptors (Lipinski definition) is 2. The molecular weight excluding hydrogens is 156 g/mol. The van der Waals surface area contributed by atoms with Gasteiger partial charge in [0.1, 0.15) is 0 Å². The first kappa shape index (κ1) is 15.6. The Bertz CT molecular complexity index is 57.4. The first-order valence-corrected chi connectivity index (χ1v) is 1.76. The monoisotopic (exact) mass is 163 g/mol. The van der Waals surface area contributed by atoms with Gasteiger partial charge in [0, 0.05) is 0 Å². The number of carbonyl (C=O) groups is 1. The summed E-state index contributed by atoms with van der Waals surface area (Å²) in [4.78, 5) is 18.0. The van der Waals surface area contributed by atoms with Crippen LogP contribution in [0.2, 0.25) is 0 Å². The van der Waals surface area contributed by atoms with Crippen molar-refractivity contribution in [1.29, 1.82) is 0 Å². The van der Waals surface area contributed by atoms with Gasteiger partial charge in [0.2, 0.25) is 0 Å². The topological polar surface area (TPSA) is 34.1 Å². The van der Waals surface area contributed by atoms with Crippen molar-refractivity contribution >= 4 is 12.1 Å². The van der Waals surface area contributed by atoms with E-state index in [1.54, 1.807) is 0 Å². The van der Waals surface area contributed by atoms with E-state index >= 15 is 0 Å². The molecule has 0 amide bonds.